The lowest BCUT2D eigenvalue weighted by molar-refractivity contribution is -0.227. The highest BCUT2D eigenvalue weighted by Crippen LogP contribution is 2.54. The molecule has 1 nitrogen and oxygen atoms in total. The van der Waals surface area contributed by atoms with Crippen molar-refractivity contribution in [3.63, 3.8) is 0 Å². The largest absolute Gasteiger partial charge is 0.392 e. The van der Waals surface area contributed by atoms with Gasteiger partial charge < -0.3 is 5.32 Å². The highest BCUT2D eigenvalue weighted by atomic mass is 19.4. The second-order valence-electron chi connectivity index (χ2n) is 4.28. The smallest absolute Gasteiger partial charge is 0.316 e. The quantitative estimate of drug-likeness (QED) is 0.622. The average molecular weight is 193 g/mol. The number of nitrogens with one attached hydrogen (secondary N) is 1. The molecule has 1 heterocycles. The van der Waals surface area contributed by atoms with E-state index in [0.29, 0.717) is 13.1 Å². The summed E-state index contributed by atoms with van der Waals surface area (Å²) in [5, 5.41) is 3.08. The molecule has 1 saturated heterocycles. The molecule has 0 amide bonds. The Morgan fingerprint density at radius 3 is 2.31 bits per heavy atom. The molecule has 1 spiro atoms. The summed E-state index contributed by atoms with van der Waals surface area (Å²) in [5.74, 6) is -1.05. The van der Waals surface area contributed by atoms with Crippen LogP contribution in [0.3, 0.4) is 0 Å². The van der Waals surface area contributed by atoms with E-state index in [1.165, 1.54) is 0 Å². The summed E-state index contributed by atoms with van der Waals surface area (Å²) in [6.07, 6.45) is -1.24. The van der Waals surface area contributed by atoms with Crippen LogP contribution in [0.1, 0.15) is 25.7 Å². The molecule has 0 aromatic rings. The highest BCUT2D eigenvalue weighted by molar-refractivity contribution is 5.00. The van der Waals surface area contributed by atoms with E-state index >= 15 is 0 Å². The predicted molar refractivity (Wildman–Crippen MR) is 43.3 cm³/mol. The van der Waals surface area contributed by atoms with Gasteiger partial charge in [0.2, 0.25) is 0 Å². The van der Waals surface area contributed by atoms with Crippen LogP contribution in [0.4, 0.5) is 13.2 Å². The summed E-state index contributed by atoms with van der Waals surface area (Å²) in [6.45, 7) is 1.09. The van der Waals surface area contributed by atoms with Gasteiger partial charge in [0.05, 0.1) is 5.92 Å². The van der Waals surface area contributed by atoms with Crippen molar-refractivity contribution >= 4 is 0 Å². The Kier molecular flexibility index (Phi) is 2.06. The van der Waals surface area contributed by atoms with E-state index in [0.717, 1.165) is 19.3 Å². The third-order valence-corrected chi connectivity index (χ3v) is 3.57. The lowest BCUT2D eigenvalue weighted by Crippen LogP contribution is -2.55. The summed E-state index contributed by atoms with van der Waals surface area (Å²) in [5.41, 5.74) is -0.434. The maximum Gasteiger partial charge on any atom is 0.392 e. The second kappa shape index (κ2) is 2.87. The van der Waals surface area contributed by atoms with Gasteiger partial charge in [-0.15, -0.1) is 0 Å². The van der Waals surface area contributed by atoms with Crippen molar-refractivity contribution < 1.29 is 13.2 Å². The van der Waals surface area contributed by atoms with Crippen molar-refractivity contribution in [1.82, 2.24) is 5.32 Å². The van der Waals surface area contributed by atoms with E-state index in [1.807, 2.05) is 0 Å². The van der Waals surface area contributed by atoms with Crippen molar-refractivity contribution in [2.75, 3.05) is 13.1 Å². The minimum Gasteiger partial charge on any atom is -0.316 e. The molecule has 0 unspecified atom stereocenters. The number of hydrogen-bond acceptors (Lipinski definition) is 1. The van der Waals surface area contributed by atoms with Crippen LogP contribution in [0.15, 0.2) is 0 Å². The van der Waals surface area contributed by atoms with E-state index in [2.05, 4.69) is 5.32 Å². The molecule has 76 valence electrons. The van der Waals surface area contributed by atoms with E-state index in [1.54, 1.807) is 0 Å². The molecular formula is C9H14F3N. The molecule has 2 fully saturated rings. The van der Waals surface area contributed by atoms with Gasteiger partial charge >= 0.3 is 6.18 Å². The normalized spacial score (nSPS) is 33.0. The van der Waals surface area contributed by atoms with E-state index < -0.39 is 17.5 Å². The summed E-state index contributed by atoms with van der Waals surface area (Å²) in [4.78, 5) is 0. The van der Waals surface area contributed by atoms with Crippen molar-refractivity contribution in [2.45, 2.75) is 31.9 Å². The first-order valence-corrected chi connectivity index (χ1v) is 4.82. The topological polar surface area (TPSA) is 12.0 Å². The van der Waals surface area contributed by atoms with Crippen LogP contribution in [0.5, 0.6) is 0 Å². The molecule has 2 rings (SSSR count). The van der Waals surface area contributed by atoms with Crippen LogP contribution in [-0.4, -0.2) is 19.3 Å². The zero-order valence-electron chi connectivity index (χ0n) is 7.45. The standard InChI is InChI=1S/C9H14F3N/c10-9(11,12)7-2-5-13-6-8(7)3-1-4-8/h7,13H,1-6H2/t7-/m1/s1. The number of hydrogen-bond donors (Lipinski definition) is 1. The van der Waals surface area contributed by atoms with Crippen LogP contribution < -0.4 is 5.32 Å². The first-order valence-electron chi connectivity index (χ1n) is 4.82. The fourth-order valence-corrected chi connectivity index (χ4v) is 2.68. The molecule has 0 bridgehead atoms. The lowest BCUT2D eigenvalue weighted by atomic mass is 9.58. The molecule has 1 N–H and O–H groups in total. The fraction of sp³-hybridized carbons (Fsp3) is 1.00. The van der Waals surface area contributed by atoms with Crippen LogP contribution in [0, 0.1) is 11.3 Å². The van der Waals surface area contributed by atoms with Gasteiger partial charge in [-0.25, -0.2) is 0 Å². The molecule has 1 aliphatic heterocycles. The molecule has 4 heteroatoms. The summed E-state index contributed by atoms with van der Waals surface area (Å²) < 4.78 is 37.9. The van der Waals surface area contributed by atoms with E-state index in [4.69, 9.17) is 0 Å². The third-order valence-electron chi connectivity index (χ3n) is 3.57. The maximum absolute atomic E-state index is 12.6. The van der Waals surface area contributed by atoms with Gasteiger partial charge in [0.25, 0.3) is 0 Å². The molecule has 0 radical (unpaired) electrons. The van der Waals surface area contributed by atoms with Gasteiger partial charge in [-0.1, -0.05) is 6.42 Å². The molecular weight excluding hydrogens is 179 g/mol. The van der Waals surface area contributed by atoms with Crippen molar-refractivity contribution in [3.8, 4) is 0 Å². The van der Waals surface area contributed by atoms with Gasteiger partial charge in [-0.2, -0.15) is 13.2 Å². The summed E-state index contributed by atoms with van der Waals surface area (Å²) in [7, 11) is 0. The van der Waals surface area contributed by atoms with Crippen molar-refractivity contribution in [3.05, 3.63) is 0 Å². The molecule has 1 saturated carbocycles. The van der Waals surface area contributed by atoms with Gasteiger partial charge in [0, 0.05) is 6.54 Å². The number of piperidine rings is 1. The Hall–Kier alpha value is -0.250. The monoisotopic (exact) mass is 193 g/mol. The average Bonchev–Trinajstić information content (AvgIpc) is 2.00. The van der Waals surface area contributed by atoms with Gasteiger partial charge in [-0.3, -0.25) is 0 Å². The van der Waals surface area contributed by atoms with E-state index in [9.17, 15) is 13.2 Å². The van der Waals surface area contributed by atoms with Crippen LogP contribution in [0.2, 0.25) is 0 Å². The summed E-state index contributed by atoms with van der Waals surface area (Å²) in [6, 6.07) is 0. The Bertz CT molecular complexity index is 196. The number of alkyl halides is 3. The molecule has 0 aromatic carbocycles. The third kappa shape index (κ3) is 1.45. The Labute approximate surface area is 75.7 Å². The fourth-order valence-electron chi connectivity index (χ4n) is 2.68. The number of halogens is 3. The molecule has 1 aliphatic carbocycles. The Balaban J connectivity index is 2.14. The first kappa shape index (κ1) is 9.31. The minimum absolute atomic E-state index is 0.267. The van der Waals surface area contributed by atoms with Crippen LogP contribution in [-0.2, 0) is 0 Å². The first-order chi connectivity index (χ1) is 6.05. The van der Waals surface area contributed by atoms with Gasteiger partial charge in [0.15, 0.2) is 0 Å². The van der Waals surface area contributed by atoms with Gasteiger partial charge in [-0.05, 0) is 31.2 Å². The SMILES string of the molecule is FC(F)(F)[C@@H]1CCNCC12CCC2. The molecule has 2 aliphatic rings. The highest BCUT2D eigenvalue weighted by Gasteiger charge is 2.56. The van der Waals surface area contributed by atoms with Crippen molar-refractivity contribution in [2.24, 2.45) is 11.3 Å². The van der Waals surface area contributed by atoms with Crippen LogP contribution >= 0.6 is 0 Å². The van der Waals surface area contributed by atoms with Crippen molar-refractivity contribution in [1.29, 1.82) is 0 Å². The molecule has 13 heavy (non-hydrogen) atoms. The zero-order valence-corrected chi connectivity index (χ0v) is 7.45. The molecule has 1 atom stereocenters. The van der Waals surface area contributed by atoms with Gasteiger partial charge in [0.1, 0.15) is 0 Å². The lowest BCUT2D eigenvalue weighted by Gasteiger charge is -2.51. The maximum atomic E-state index is 12.6. The number of rotatable bonds is 0. The Morgan fingerprint density at radius 1 is 1.23 bits per heavy atom. The molecule has 0 aromatic heterocycles. The minimum atomic E-state index is -3.98. The predicted octanol–water partition coefficient (Wildman–Crippen LogP) is 2.33. The second-order valence-corrected chi connectivity index (χ2v) is 4.28. The van der Waals surface area contributed by atoms with Crippen LogP contribution in [0.25, 0.3) is 0 Å². The Morgan fingerprint density at radius 2 is 1.92 bits per heavy atom. The summed E-state index contributed by atoms with van der Waals surface area (Å²) >= 11 is 0. The zero-order chi connectivity index (χ0) is 9.53. The van der Waals surface area contributed by atoms with E-state index in [-0.39, 0.29) is 6.42 Å².